The monoisotopic (exact) mass is 905 g/mol. The van der Waals surface area contributed by atoms with E-state index >= 15 is 0 Å². The number of benzene rings is 3. The fourth-order valence-electron chi connectivity index (χ4n) is 7.66. The smallest absolute Gasteiger partial charge is 0.343 e. The molecule has 0 N–H and O–H groups in total. The van der Waals surface area contributed by atoms with Crippen LogP contribution in [0.3, 0.4) is 0 Å². The van der Waals surface area contributed by atoms with Crippen molar-refractivity contribution >= 4 is 23.9 Å². The summed E-state index contributed by atoms with van der Waals surface area (Å²) < 4.78 is 33.3. The average molecular weight is 905 g/mol. The summed E-state index contributed by atoms with van der Waals surface area (Å²) in [4.78, 5) is 47.8. The van der Waals surface area contributed by atoms with Gasteiger partial charge in [0.25, 0.3) is 0 Å². The van der Waals surface area contributed by atoms with Crippen LogP contribution in [-0.2, 0) is 28.6 Å². The third kappa shape index (κ3) is 23.0. The molecular weight excluding hydrogens is 833 g/mol. The van der Waals surface area contributed by atoms with Crippen LogP contribution in [0.5, 0.6) is 17.2 Å². The minimum absolute atomic E-state index is 0.117. The van der Waals surface area contributed by atoms with Crippen molar-refractivity contribution in [2.75, 3.05) is 26.4 Å². The molecule has 3 aromatic carbocycles. The largest absolute Gasteiger partial charge is 0.494 e. The van der Waals surface area contributed by atoms with Crippen LogP contribution in [-0.4, -0.2) is 56.4 Å². The van der Waals surface area contributed by atoms with E-state index in [9.17, 15) is 19.2 Å². The zero-order valence-corrected chi connectivity index (χ0v) is 39.1. The number of rotatable bonds is 32. The Balaban J connectivity index is 1.01. The summed E-state index contributed by atoms with van der Waals surface area (Å²) >= 11 is 0. The first-order valence-corrected chi connectivity index (χ1v) is 24.4. The van der Waals surface area contributed by atoms with Gasteiger partial charge in [0.15, 0.2) is 0 Å². The highest BCUT2D eigenvalue weighted by Crippen LogP contribution is 2.28. The lowest BCUT2D eigenvalue weighted by Gasteiger charge is -2.27. The molecule has 0 atom stereocenters. The highest BCUT2D eigenvalue weighted by molar-refractivity contribution is 5.91. The van der Waals surface area contributed by atoms with Crippen LogP contribution in [0.4, 0.5) is 0 Å². The third-order valence-corrected chi connectivity index (χ3v) is 11.6. The van der Waals surface area contributed by atoms with Gasteiger partial charge in [0.1, 0.15) is 17.2 Å². The van der Waals surface area contributed by atoms with E-state index in [1.54, 1.807) is 60.7 Å². The van der Waals surface area contributed by atoms with E-state index in [2.05, 4.69) is 25.0 Å². The predicted molar refractivity (Wildman–Crippen MR) is 259 cm³/mol. The van der Waals surface area contributed by atoms with Crippen LogP contribution in [0, 0.1) is 17.8 Å². The fourth-order valence-corrected chi connectivity index (χ4v) is 7.66. The number of unbranched alkanes of at least 4 members (excludes halogenated alkanes) is 16. The number of carbonyl (C=O) groups is 4. The van der Waals surface area contributed by atoms with Gasteiger partial charge in [0.05, 0.1) is 37.4 Å². The van der Waals surface area contributed by atoms with Gasteiger partial charge >= 0.3 is 23.9 Å². The SMILES string of the molecule is C=CC(=O)OCCCCCCCCCCCOc1ccc(C(=O)Oc2ccc(C#Cc3ccc(OC(=O)C4CCC(OCCCCCCCCCCCOC(=O)C=C)CC4)cc3)cc2)cc1. The van der Waals surface area contributed by atoms with Crippen molar-refractivity contribution in [2.24, 2.45) is 5.92 Å². The van der Waals surface area contributed by atoms with E-state index in [0.29, 0.717) is 36.9 Å². The summed E-state index contributed by atoms with van der Waals surface area (Å²) in [5, 5.41) is 0. The second-order valence-electron chi connectivity index (χ2n) is 16.9. The Morgan fingerprint density at radius 2 is 0.864 bits per heavy atom. The molecule has 0 saturated heterocycles. The van der Waals surface area contributed by atoms with Crippen molar-refractivity contribution in [3.05, 3.63) is 115 Å². The van der Waals surface area contributed by atoms with Gasteiger partial charge in [-0.15, -0.1) is 0 Å². The molecule has 10 nitrogen and oxygen atoms in total. The Morgan fingerprint density at radius 1 is 0.470 bits per heavy atom. The van der Waals surface area contributed by atoms with Gasteiger partial charge in [-0.3, -0.25) is 4.79 Å². The van der Waals surface area contributed by atoms with Crippen LogP contribution < -0.4 is 14.2 Å². The van der Waals surface area contributed by atoms with Gasteiger partial charge < -0.3 is 28.4 Å². The molecule has 1 saturated carbocycles. The van der Waals surface area contributed by atoms with Crippen LogP contribution in [0.15, 0.2) is 98.1 Å². The maximum atomic E-state index is 12.9. The lowest BCUT2D eigenvalue weighted by Crippen LogP contribution is -2.29. The van der Waals surface area contributed by atoms with Crippen LogP contribution in [0.2, 0.25) is 0 Å². The number of hydrogen-bond donors (Lipinski definition) is 0. The zero-order chi connectivity index (χ0) is 46.9. The maximum absolute atomic E-state index is 12.9. The summed E-state index contributed by atoms with van der Waals surface area (Å²) in [6, 6.07) is 21.3. The first-order valence-electron chi connectivity index (χ1n) is 24.4. The van der Waals surface area contributed by atoms with Gasteiger partial charge in [-0.2, -0.15) is 0 Å². The van der Waals surface area contributed by atoms with E-state index in [4.69, 9.17) is 28.4 Å². The van der Waals surface area contributed by atoms with E-state index < -0.39 is 5.97 Å². The molecule has 0 amide bonds. The Hall–Kier alpha value is -5.66. The fraction of sp³-hybridized carbons (Fsp3) is 0.500. The van der Waals surface area contributed by atoms with Gasteiger partial charge in [-0.25, -0.2) is 14.4 Å². The first-order chi connectivity index (χ1) is 32.3. The summed E-state index contributed by atoms with van der Waals surface area (Å²) in [7, 11) is 0. The second-order valence-corrected chi connectivity index (χ2v) is 16.9. The minimum atomic E-state index is -0.449. The molecule has 3 aromatic rings. The maximum Gasteiger partial charge on any atom is 0.343 e. The molecule has 356 valence electrons. The molecule has 66 heavy (non-hydrogen) atoms. The summed E-state index contributed by atoms with van der Waals surface area (Å²) in [6.45, 7) is 9.16. The molecule has 0 aliphatic heterocycles. The standard InChI is InChI=1S/C56H72O10/c1-3-53(57)63-43-21-17-13-9-5-7-11-15-19-41-61-49-37-29-47(30-38-49)55(59)65-51-33-25-45(26-34-51)23-24-46-27-35-52(36-28-46)66-56(60)48-31-39-50(40-32-48)62-42-20-16-12-8-6-10-14-18-22-44-64-54(58)4-2/h3-4,25-30,33-38,48,50H,1-2,5-22,31-32,39-44H2. The topological polar surface area (TPSA) is 124 Å². The van der Waals surface area contributed by atoms with Gasteiger partial charge in [0.2, 0.25) is 0 Å². The molecule has 1 aliphatic rings. The Morgan fingerprint density at radius 3 is 1.32 bits per heavy atom. The Kier molecular flexibility index (Phi) is 26.4. The quantitative estimate of drug-likeness (QED) is 0.0197. The Bertz CT molecular complexity index is 1930. The normalized spacial score (nSPS) is 14.2. The third-order valence-electron chi connectivity index (χ3n) is 11.6. The van der Waals surface area contributed by atoms with Crippen molar-refractivity contribution < 1.29 is 47.6 Å². The predicted octanol–water partition coefficient (Wildman–Crippen LogP) is 12.6. The van der Waals surface area contributed by atoms with E-state index in [1.807, 2.05) is 12.1 Å². The van der Waals surface area contributed by atoms with E-state index in [-0.39, 0.29) is 29.9 Å². The van der Waals surface area contributed by atoms with Crippen molar-refractivity contribution in [1.29, 1.82) is 0 Å². The Labute approximate surface area is 393 Å². The number of esters is 4. The molecule has 0 bridgehead atoms. The summed E-state index contributed by atoms with van der Waals surface area (Å²) in [5.41, 5.74) is 1.99. The molecule has 0 heterocycles. The lowest BCUT2D eigenvalue weighted by molar-refractivity contribution is -0.141. The number of ether oxygens (including phenoxy) is 6. The molecule has 1 aliphatic carbocycles. The van der Waals surface area contributed by atoms with Crippen molar-refractivity contribution in [3.8, 4) is 29.1 Å². The highest BCUT2D eigenvalue weighted by Gasteiger charge is 2.28. The van der Waals surface area contributed by atoms with Gasteiger partial charge in [-0.05, 0) is 124 Å². The summed E-state index contributed by atoms with van der Waals surface area (Å²) in [5.74, 6) is 6.48. The average Bonchev–Trinajstić information content (AvgIpc) is 3.34. The molecular formula is C56H72O10. The first kappa shape index (κ1) is 53.0. The molecule has 0 aromatic heterocycles. The molecule has 4 rings (SSSR count). The molecule has 10 heteroatoms. The zero-order valence-electron chi connectivity index (χ0n) is 39.1. The number of carbonyl (C=O) groups excluding carboxylic acids is 4. The molecule has 0 unspecified atom stereocenters. The van der Waals surface area contributed by atoms with E-state index in [0.717, 1.165) is 101 Å². The van der Waals surface area contributed by atoms with Crippen molar-refractivity contribution in [2.45, 2.75) is 147 Å². The van der Waals surface area contributed by atoms with E-state index in [1.165, 1.54) is 76.4 Å². The van der Waals surface area contributed by atoms with Crippen molar-refractivity contribution in [1.82, 2.24) is 0 Å². The summed E-state index contributed by atoms with van der Waals surface area (Å²) in [6.07, 6.45) is 26.3. The van der Waals surface area contributed by atoms with Crippen LogP contribution in [0.25, 0.3) is 0 Å². The van der Waals surface area contributed by atoms with Crippen LogP contribution in [0.1, 0.15) is 163 Å². The van der Waals surface area contributed by atoms with Crippen LogP contribution >= 0.6 is 0 Å². The molecule has 0 spiro atoms. The lowest BCUT2D eigenvalue weighted by atomic mass is 9.87. The highest BCUT2D eigenvalue weighted by atomic mass is 16.5. The minimum Gasteiger partial charge on any atom is -0.494 e. The number of hydrogen-bond acceptors (Lipinski definition) is 10. The van der Waals surface area contributed by atoms with Gasteiger partial charge in [0, 0.05) is 29.9 Å². The molecule has 0 radical (unpaired) electrons. The molecule has 1 fully saturated rings. The van der Waals surface area contributed by atoms with Gasteiger partial charge in [-0.1, -0.05) is 115 Å². The van der Waals surface area contributed by atoms with Crippen molar-refractivity contribution in [3.63, 3.8) is 0 Å². The second kappa shape index (κ2) is 32.9.